The fourth-order valence-electron chi connectivity index (χ4n) is 3.05. The van der Waals surface area contributed by atoms with E-state index < -0.39 is 6.36 Å². The van der Waals surface area contributed by atoms with Gasteiger partial charge in [0.1, 0.15) is 11.6 Å². The SMILES string of the molecule is CC(C)N1N=C(N)C2=CC=C(c3ccccc3OC(F)(F)F)CC21. The van der Waals surface area contributed by atoms with Crippen LogP contribution in [0.5, 0.6) is 5.75 Å². The van der Waals surface area contributed by atoms with Gasteiger partial charge in [-0.2, -0.15) is 5.10 Å². The van der Waals surface area contributed by atoms with E-state index in [1.807, 2.05) is 24.9 Å². The predicted molar refractivity (Wildman–Crippen MR) is 86.2 cm³/mol. The summed E-state index contributed by atoms with van der Waals surface area (Å²) in [5.74, 6) is 0.264. The van der Waals surface area contributed by atoms with Gasteiger partial charge in [0.15, 0.2) is 0 Å². The molecule has 1 heterocycles. The van der Waals surface area contributed by atoms with Crippen molar-refractivity contribution in [1.82, 2.24) is 5.01 Å². The average molecular weight is 337 g/mol. The van der Waals surface area contributed by atoms with Crippen LogP contribution in [0, 0.1) is 0 Å². The third kappa shape index (κ3) is 3.11. The smallest absolute Gasteiger partial charge is 0.405 e. The Morgan fingerprint density at radius 2 is 1.96 bits per heavy atom. The number of amidine groups is 1. The number of ether oxygens (including phenoxy) is 1. The van der Waals surface area contributed by atoms with Crippen molar-refractivity contribution in [3.63, 3.8) is 0 Å². The molecule has 7 heteroatoms. The molecule has 2 aliphatic rings. The summed E-state index contributed by atoms with van der Waals surface area (Å²) < 4.78 is 42.0. The first-order chi connectivity index (χ1) is 11.3. The van der Waals surface area contributed by atoms with Crippen molar-refractivity contribution in [1.29, 1.82) is 0 Å². The minimum Gasteiger partial charge on any atom is -0.405 e. The first kappa shape index (κ1) is 16.4. The van der Waals surface area contributed by atoms with Crippen molar-refractivity contribution < 1.29 is 17.9 Å². The molecule has 1 aliphatic carbocycles. The van der Waals surface area contributed by atoms with Crippen molar-refractivity contribution >= 4 is 11.4 Å². The Kier molecular flexibility index (Phi) is 4.03. The lowest BCUT2D eigenvalue weighted by Gasteiger charge is -2.30. The van der Waals surface area contributed by atoms with Gasteiger partial charge < -0.3 is 10.5 Å². The Bertz CT molecular complexity index is 735. The molecule has 1 atom stereocenters. The van der Waals surface area contributed by atoms with Crippen LogP contribution in [0.25, 0.3) is 5.57 Å². The zero-order chi connectivity index (χ0) is 17.5. The van der Waals surface area contributed by atoms with E-state index in [4.69, 9.17) is 5.73 Å². The zero-order valence-electron chi connectivity index (χ0n) is 13.3. The molecule has 4 nitrogen and oxygen atoms in total. The molecule has 0 amide bonds. The maximum atomic E-state index is 12.6. The van der Waals surface area contributed by atoms with E-state index in [1.165, 1.54) is 12.1 Å². The molecule has 1 aliphatic heterocycles. The van der Waals surface area contributed by atoms with Gasteiger partial charge in [0.05, 0.1) is 6.04 Å². The average Bonchev–Trinajstić information content (AvgIpc) is 2.83. The maximum absolute atomic E-state index is 12.6. The lowest BCUT2D eigenvalue weighted by atomic mass is 9.88. The summed E-state index contributed by atoms with van der Waals surface area (Å²) in [4.78, 5) is 0. The van der Waals surface area contributed by atoms with Crippen molar-refractivity contribution in [3.8, 4) is 5.75 Å². The summed E-state index contributed by atoms with van der Waals surface area (Å²) in [6.07, 6.45) is -0.588. The fourth-order valence-corrected chi connectivity index (χ4v) is 3.05. The van der Waals surface area contributed by atoms with Gasteiger partial charge in [-0.1, -0.05) is 30.4 Å². The number of nitrogens with zero attached hydrogens (tertiary/aromatic N) is 2. The van der Waals surface area contributed by atoms with Gasteiger partial charge in [0, 0.05) is 17.2 Å². The highest BCUT2D eigenvalue weighted by Crippen LogP contribution is 2.38. The lowest BCUT2D eigenvalue weighted by Crippen LogP contribution is -2.35. The molecule has 0 radical (unpaired) electrons. The van der Waals surface area contributed by atoms with Gasteiger partial charge in [0.2, 0.25) is 0 Å². The number of para-hydroxylation sites is 1. The molecule has 1 aromatic carbocycles. The quantitative estimate of drug-likeness (QED) is 0.916. The highest BCUT2D eigenvalue weighted by molar-refractivity contribution is 6.01. The van der Waals surface area contributed by atoms with Crippen molar-refractivity contribution in [3.05, 3.63) is 47.6 Å². The van der Waals surface area contributed by atoms with Crippen molar-refractivity contribution in [2.75, 3.05) is 0 Å². The predicted octanol–water partition coefficient (Wildman–Crippen LogP) is 3.66. The lowest BCUT2D eigenvalue weighted by molar-refractivity contribution is -0.274. The van der Waals surface area contributed by atoms with E-state index in [-0.39, 0.29) is 17.8 Å². The second kappa shape index (κ2) is 5.89. The van der Waals surface area contributed by atoms with Gasteiger partial charge in [-0.25, -0.2) is 0 Å². The Hall–Kier alpha value is -2.44. The third-order valence-electron chi connectivity index (χ3n) is 4.06. The Labute approximate surface area is 138 Å². The summed E-state index contributed by atoms with van der Waals surface area (Å²) in [7, 11) is 0. The van der Waals surface area contributed by atoms with Crippen LogP contribution in [0.1, 0.15) is 25.8 Å². The van der Waals surface area contributed by atoms with Gasteiger partial charge in [0.25, 0.3) is 0 Å². The van der Waals surface area contributed by atoms with Crippen molar-refractivity contribution in [2.24, 2.45) is 10.8 Å². The van der Waals surface area contributed by atoms with Crippen LogP contribution in [0.2, 0.25) is 0 Å². The summed E-state index contributed by atoms with van der Waals surface area (Å²) in [5, 5.41) is 6.25. The number of alkyl halides is 3. The van der Waals surface area contributed by atoms with E-state index in [9.17, 15) is 13.2 Å². The van der Waals surface area contributed by atoms with Gasteiger partial charge >= 0.3 is 6.36 Å². The van der Waals surface area contributed by atoms with E-state index in [0.717, 1.165) is 11.1 Å². The molecule has 3 rings (SSSR count). The van der Waals surface area contributed by atoms with Crippen molar-refractivity contribution in [2.45, 2.75) is 38.7 Å². The number of hydrazone groups is 1. The van der Waals surface area contributed by atoms with Crippen LogP contribution in [0.15, 0.2) is 47.1 Å². The second-order valence-electron chi connectivity index (χ2n) is 6.04. The van der Waals surface area contributed by atoms with E-state index in [2.05, 4.69) is 9.84 Å². The Morgan fingerprint density at radius 1 is 1.25 bits per heavy atom. The maximum Gasteiger partial charge on any atom is 0.573 e. The van der Waals surface area contributed by atoms with E-state index >= 15 is 0 Å². The molecule has 0 aromatic heterocycles. The topological polar surface area (TPSA) is 50.8 Å². The number of allylic oxidation sites excluding steroid dienone is 2. The Balaban J connectivity index is 1.95. The minimum atomic E-state index is -4.73. The molecular weight excluding hydrogens is 319 g/mol. The van der Waals surface area contributed by atoms with Gasteiger partial charge in [-0.05, 0) is 31.9 Å². The van der Waals surface area contributed by atoms with Crippen LogP contribution >= 0.6 is 0 Å². The molecule has 128 valence electrons. The molecule has 0 saturated carbocycles. The van der Waals surface area contributed by atoms with Gasteiger partial charge in [-0.3, -0.25) is 5.01 Å². The van der Waals surface area contributed by atoms with Gasteiger partial charge in [-0.15, -0.1) is 13.2 Å². The monoisotopic (exact) mass is 337 g/mol. The molecular formula is C17H18F3N3O. The molecule has 1 unspecified atom stereocenters. The van der Waals surface area contributed by atoms with E-state index in [1.54, 1.807) is 18.2 Å². The minimum absolute atomic E-state index is 0.0658. The summed E-state index contributed by atoms with van der Waals surface area (Å²) in [6.45, 7) is 4.00. The number of nitrogens with two attached hydrogens (primary N) is 1. The highest BCUT2D eigenvalue weighted by atomic mass is 19.4. The molecule has 2 N–H and O–H groups in total. The van der Waals surface area contributed by atoms with Crippen LogP contribution in [0.3, 0.4) is 0 Å². The molecule has 0 saturated heterocycles. The van der Waals surface area contributed by atoms with Crippen LogP contribution in [0.4, 0.5) is 13.2 Å². The van der Waals surface area contributed by atoms with E-state index in [0.29, 0.717) is 17.8 Å². The normalized spacial score (nSPS) is 20.5. The second-order valence-corrected chi connectivity index (χ2v) is 6.04. The van der Waals surface area contributed by atoms with Crippen LogP contribution < -0.4 is 10.5 Å². The number of rotatable bonds is 3. The fraction of sp³-hybridized carbons (Fsp3) is 0.353. The summed E-state index contributed by atoms with van der Waals surface area (Å²) >= 11 is 0. The van der Waals surface area contributed by atoms with Crippen LogP contribution in [-0.4, -0.2) is 29.3 Å². The number of hydrogen-bond donors (Lipinski definition) is 1. The first-order valence-corrected chi connectivity index (χ1v) is 7.65. The summed E-state index contributed by atoms with van der Waals surface area (Å²) in [6, 6.07) is 6.24. The number of hydrogen-bond acceptors (Lipinski definition) is 4. The van der Waals surface area contributed by atoms with Crippen LogP contribution in [-0.2, 0) is 0 Å². The third-order valence-corrected chi connectivity index (χ3v) is 4.06. The molecule has 0 bridgehead atoms. The highest BCUT2D eigenvalue weighted by Gasteiger charge is 2.36. The molecule has 0 spiro atoms. The summed E-state index contributed by atoms with van der Waals surface area (Å²) in [5.41, 5.74) is 8.05. The number of benzene rings is 1. The number of halogens is 3. The molecule has 24 heavy (non-hydrogen) atoms. The number of fused-ring (bicyclic) bond motifs is 1. The zero-order valence-corrected chi connectivity index (χ0v) is 13.3. The first-order valence-electron chi connectivity index (χ1n) is 7.65. The molecule has 0 fully saturated rings. The largest absolute Gasteiger partial charge is 0.573 e. The Morgan fingerprint density at radius 3 is 2.62 bits per heavy atom. The standard InChI is InChI=1S/C17H18F3N3O/c1-10(2)23-14-9-11(7-8-13(14)16(21)22-23)12-5-3-4-6-15(12)24-17(18,19)20/h3-8,10,14H,9H2,1-2H3,(H2,21,22). The molecule has 1 aromatic rings.